The van der Waals surface area contributed by atoms with Gasteiger partial charge >= 0.3 is 6.09 Å². The van der Waals surface area contributed by atoms with Crippen LogP contribution in [0.4, 0.5) is 4.79 Å². The number of carbonyl (C=O) groups excluding carboxylic acids is 1. The number of thioether (sulfide) groups is 1. The summed E-state index contributed by atoms with van der Waals surface area (Å²) < 4.78 is 5.16. The maximum Gasteiger partial charge on any atom is 0.407 e. The molecule has 2 atom stereocenters. The maximum atomic E-state index is 12.0. The van der Waals surface area contributed by atoms with Gasteiger partial charge in [0, 0.05) is 22.6 Å². The first-order chi connectivity index (χ1) is 11.7. The van der Waals surface area contributed by atoms with Gasteiger partial charge in [0.2, 0.25) is 0 Å². The Morgan fingerprint density at radius 3 is 2.38 bits per heavy atom. The lowest BCUT2D eigenvalue weighted by molar-refractivity contribution is -0.417. The van der Waals surface area contributed by atoms with Gasteiger partial charge < -0.3 is 15.2 Å². The van der Waals surface area contributed by atoms with Crippen molar-refractivity contribution in [2.75, 3.05) is 11.6 Å². The molecule has 0 heterocycles. The number of carbonyl (C=O) groups is 1. The van der Waals surface area contributed by atoms with Crippen molar-refractivity contribution in [1.82, 2.24) is 5.32 Å². The first-order valence-electron chi connectivity index (χ1n) is 7.56. The largest absolute Gasteiger partial charge is 0.850 e. The average Bonchev–Trinajstić information content (AvgIpc) is 2.64. The summed E-state index contributed by atoms with van der Waals surface area (Å²) in [6, 6.07) is 18.5. The molecule has 1 amide bonds. The summed E-state index contributed by atoms with van der Waals surface area (Å²) in [7, 11) is 0. The van der Waals surface area contributed by atoms with Gasteiger partial charge in [-0.05, 0) is 17.7 Å². The summed E-state index contributed by atoms with van der Waals surface area (Å²) in [5, 5.41) is 14.6. The second-order valence-corrected chi connectivity index (χ2v) is 6.53. The third kappa shape index (κ3) is 6.43. The van der Waals surface area contributed by atoms with Crippen LogP contribution in [0.2, 0.25) is 0 Å². The highest BCUT2D eigenvalue weighted by Gasteiger charge is 2.16. The number of hydrogen-bond donors (Lipinski definition) is 1. The molecule has 0 spiro atoms. The van der Waals surface area contributed by atoms with E-state index in [1.807, 2.05) is 60.7 Å². The number of alkyl halides is 1. The molecule has 24 heavy (non-hydrogen) atoms. The molecule has 2 aromatic carbocycles. The molecule has 0 bridgehead atoms. The Morgan fingerprint density at radius 2 is 1.75 bits per heavy atom. The Kier molecular flexibility index (Phi) is 7.95. The third-order valence-electron chi connectivity index (χ3n) is 3.29. The van der Waals surface area contributed by atoms with Crippen molar-refractivity contribution in [2.45, 2.75) is 23.6 Å². The molecule has 2 rings (SSSR count). The molecule has 4 nitrogen and oxygen atoms in total. The van der Waals surface area contributed by atoms with E-state index in [2.05, 4.69) is 5.32 Å². The van der Waals surface area contributed by atoms with Crippen LogP contribution in [0.3, 0.4) is 0 Å². The summed E-state index contributed by atoms with van der Waals surface area (Å²) in [5.74, 6) is 0.365. The third-order valence-corrected chi connectivity index (χ3v) is 4.73. The lowest BCUT2D eigenvalue weighted by Crippen LogP contribution is -2.52. The van der Waals surface area contributed by atoms with Gasteiger partial charge in [-0.1, -0.05) is 54.6 Å². The van der Waals surface area contributed by atoms with Gasteiger partial charge in [-0.25, -0.2) is 4.79 Å². The van der Waals surface area contributed by atoms with Crippen molar-refractivity contribution < 1.29 is 14.6 Å². The van der Waals surface area contributed by atoms with Gasteiger partial charge in [0.15, 0.2) is 0 Å². The second kappa shape index (κ2) is 10.2. The minimum absolute atomic E-state index is 0.0705. The lowest BCUT2D eigenvalue weighted by Gasteiger charge is -2.30. The van der Waals surface area contributed by atoms with E-state index in [9.17, 15) is 9.90 Å². The van der Waals surface area contributed by atoms with Crippen LogP contribution in [0, 0.1) is 0 Å². The highest BCUT2D eigenvalue weighted by atomic mass is 35.5. The van der Waals surface area contributed by atoms with Crippen molar-refractivity contribution in [3.05, 3.63) is 66.2 Å². The maximum absolute atomic E-state index is 12.0. The molecule has 128 valence electrons. The van der Waals surface area contributed by atoms with Gasteiger partial charge in [-0.15, -0.1) is 23.4 Å². The smallest absolute Gasteiger partial charge is 0.407 e. The number of nitrogens with one attached hydrogen (secondary N) is 1. The molecule has 2 aromatic rings. The van der Waals surface area contributed by atoms with E-state index in [4.69, 9.17) is 16.3 Å². The fourth-order valence-electron chi connectivity index (χ4n) is 1.97. The number of amides is 1. The van der Waals surface area contributed by atoms with Gasteiger partial charge in [0.25, 0.3) is 0 Å². The zero-order valence-electron chi connectivity index (χ0n) is 13.1. The molecule has 0 saturated carbocycles. The zero-order chi connectivity index (χ0) is 17.2. The van der Waals surface area contributed by atoms with Crippen molar-refractivity contribution in [2.24, 2.45) is 0 Å². The first kappa shape index (κ1) is 18.6. The van der Waals surface area contributed by atoms with Gasteiger partial charge in [0.05, 0.1) is 0 Å². The first-order valence-corrected chi connectivity index (χ1v) is 9.08. The Bertz CT molecular complexity index is 612. The number of hydrogen-bond acceptors (Lipinski definition) is 4. The van der Waals surface area contributed by atoms with E-state index in [-0.39, 0.29) is 12.5 Å². The zero-order valence-corrected chi connectivity index (χ0v) is 14.6. The topological polar surface area (TPSA) is 61.4 Å². The molecule has 6 heteroatoms. The van der Waals surface area contributed by atoms with E-state index in [1.54, 1.807) is 0 Å². The van der Waals surface area contributed by atoms with Crippen molar-refractivity contribution in [3.63, 3.8) is 0 Å². The summed E-state index contributed by atoms with van der Waals surface area (Å²) >= 11 is 7.17. The molecule has 0 aliphatic carbocycles. The molecule has 0 radical (unpaired) electrons. The number of benzene rings is 2. The van der Waals surface area contributed by atoms with Crippen LogP contribution in [0.1, 0.15) is 5.56 Å². The van der Waals surface area contributed by atoms with Crippen LogP contribution in [-0.2, 0) is 11.3 Å². The number of halogens is 1. The van der Waals surface area contributed by atoms with E-state index in [1.165, 1.54) is 11.8 Å². The van der Waals surface area contributed by atoms with E-state index in [0.29, 0.717) is 5.75 Å². The van der Waals surface area contributed by atoms with Crippen molar-refractivity contribution >= 4 is 29.5 Å². The molecule has 0 aliphatic rings. The molecule has 0 aliphatic heterocycles. The molecule has 1 N–H and O–H groups in total. The van der Waals surface area contributed by atoms with Gasteiger partial charge in [-0.3, -0.25) is 0 Å². The minimum atomic E-state index is -1.09. The normalized spacial score (nSPS) is 13.1. The molecule has 0 aromatic heterocycles. The monoisotopic (exact) mass is 364 g/mol. The Balaban J connectivity index is 1.84. The fourth-order valence-corrected chi connectivity index (χ4v) is 3.20. The number of alkyl carbamates (subject to hydrolysis) is 1. The SMILES string of the molecule is O=C(N[C@@H](CSc1ccccc1)[C@H]([O-])CCl)OCc1ccccc1. The molecule has 0 saturated heterocycles. The Hall–Kier alpha value is -1.69. The highest BCUT2D eigenvalue weighted by molar-refractivity contribution is 7.99. The molecular formula is C18H19ClNO3S-. The number of rotatable bonds is 8. The Morgan fingerprint density at radius 1 is 1.12 bits per heavy atom. The quantitative estimate of drug-likeness (QED) is 0.577. The van der Waals surface area contributed by atoms with Gasteiger partial charge in [-0.2, -0.15) is 0 Å². The van der Waals surface area contributed by atoms with Crippen LogP contribution in [0.5, 0.6) is 0 Å². The second-order valence-electron chi connectivity index (χ2n) is 5.13. The highest BCUT2D eigenvalue weighted by Crippen LogP contribution is 2.19. The summed E-state index contributed by atoms with van der Waals surface area (Å²) in [6.07, 6.45) is -1.70. The van der Waals surface area contributed by atoms with Crippen LogP contribution in [0.15, 0.2) is 65.6 Å². The van der Waals surface area contributed by atoms with Crippen LogP contribution < -0.4 is 10.4 Å². The predicted octanol–water partition coefficient (Wildman–Crippen LogP) is 3.04. The summed E-state index contributed by atoms with van der Waals surface area (Å²) in [6.45, 7) is 0.162. The van der Waals surface area contributed by atoms with Crippen molar-refractivity contribution in [1.29, 1.82) is 0 Å². The van der Waals surface area contributed by atoms with E-state index in [0.717, 1.165) is 10.5 Å². The molecular weight excluding hydrogens is 346 g/mol. The standard InChI is InChI=1S/C18H19ClNO3S/c19-11-17(21)16(13-24-15-9-5-2-6-10-15)20-18(22)23-12-14-7-3-1-4-8-14/h1-10,16-17H,11-13H2,(H,20,22)/q-1/t16-,17+/m0/s1. The number of ether oxygens (including phenoxy) is 1. The summed E-state index contributed by atoms with van der Waals surface area (Å²) in [5.41, 5.74) is 0.888. The Labute approximate surface area is 151 Å². The fraction of sp³-hybridized carbons (Fsp3) is 0.278. The van der Waals surface area contributed by atoms with E-state index < -0.39 is 18.2 Å². The predicted molar refractivity (Wildman–Crippen MR) is 95.2 cm³/mol. The lowest BCUT2D eigenvalue weighted by atomic mass is 10.2. The van der Waals surface area contributed by atoms with Gasteiger partial charge in [0.1, 0.15) is 6.61 Å². The van der Waals surface area contributed by atoms with E-state index >= 15 is 0 Å². The minimum Gasteiger partial charge on any atom is -0.850 e. The van der Waals surface area contributed by atoms with Crippen LogP contribution in [-0.4, -0.2) is 29.9 Å². The van der Waals surface area contributed by atoms with Crippen LogP contribution in [0.25, 0.3) is 0 Å². The van der Waals surface area contributed by atoms with Crippen molar-refractivity contribution in [3.8, 4) is 0 Å². The average molecular weight is 365 g/mol. The molecule has 0 fully saturated rings. The summed E-state index contributed by atoms with van der Waals surface area (Å²) in [4.78, 5) is 13.0. The van der Waals surface area contributed by atoms with Crippen LogP contribution >= 0.6 is 23.4 Å². The molecule has 0 unspecified atom stereocenters.